The summed E-state index contributed by atoms with van der Waals surface area (Å²) in [6.45, 7) is 0. The van der Waals surface area contributed by atoms with Gasteiger partial charge in [0.2, 0.25) is 0 Å². The van der Waals surface area contributed by atoms with Gasteiger partial charge in [0, 0.05) is 0 Å². The van der Waals surface area contributed by atoms with Crippen LogP contribution in [-0.2, 0) is 0 Å². The Morgan fingerprint density at radius 1 is 0.471 bits per heavy atom. The summed E-state index contributed by atoms with van der Waals surface area (Å²) in [5.41, 5.74) is 0. The lowest BCUT2D eigenvalue weighted by Crippen LogP contribution is -2.64. The summed E-state index contributed by atoms with van der Waals surface area (Å²) in [5, 5.41) is -6.56. The molecule has 0 bridgehead atoms. The van der Waals surface area contributed by atoms with Crippen molar-refractivity contribution in [3.8, 4) is 0 Å². The monoisotopic (exact) mass is 304 g/mol. The molecule has 0 rings (SSSR count). The molecule has 0 aliphatic rings. The van der Waals surface area contributed by atoms with Gasteiger partial charge in [-0.05, 0) is 0 Å². The maximum atomic E-state index is 12.3. The van der Waals surface area contributed by atoms with Crippen LogP contribution in [0.15, 0.2) is 0 Å². The minimum absolute atomic E-state index is 3.47. The van der Waals surface area contributed by atoms with Gasteiger partial charge in [0.1, 0.15) is 0 Å². The SMILES string of the molecule is FC(F)(F)C(F)(F)C(F)(F)C(F)(Cl)C(F)(F)F. The Hall–Kier alpha value is -0.480. The third kappa shape index (κ3) is 2.25. The molecule has 0 radical (unpaired) electrons. The molecule has 104 valence electrons. The Morgan fingerprint density at radius 2 is 0.765 bits per heavy atom. The van der Waals surface area contributed by atoms with E-state index in [-0.39, 0.29) is 0 Å². The van der Waals surface area contributed by atoms with E-state index in [1.165, 1.54) is 0 Å². The van der Waals surface area contributed by atoms with Gasteiger partial charge in [0.15, 0.2) is 0 Å². The topological polar surface area (TPSA) is 0 Å². The third-order valence-corrected chi connectivity index (χ3v) is 1.95. The second-order valence-electron chi connectivity index (χ2n) is 2.72. The summed E-state index contributed by atoms with van der Waals surface area (Å²) in [5.74, 6) is -14.5. The first-order chi connectivity index (χ1) is 7.00. The molecule has 17 heavy (non-hydrogen) atoms. The van der Waals surface area contributed by atoms with Crippen LogP contribution in [0, 0.1) is 0 Å². The number of alkyl halides is 12. The molecule has 0 spiro atoms. The highest BCUT2D eigenvalue weighted by Crippen LogP contribution is 2.58. The molecule has 0 nitrogen and oxygen atoms in total. The molecule has 0 aromatic carbocycles. The van der Waals surface area contributed by atoms with Crippen LogP contribution < -0.4 is 0 Å². The summed E-state index contributed by atoms with van der Waals surface area (Å²) in [4.78, 5) is 0. The lowest BCUT2D eigenvalue weighted by molar-refractivity contribution is -0.395. The minimum atomic E-state index is -7.29. The van der Waals surface area contributed by atoms with Gasteiger partial charge in [-0.15, -0.1) is 0 Å². The van der Waals surface area contributed by atoms with Crippen LogP contribution in [0.25, 0.3) is 0 Å². The fourth-order valence-corrected chi connectivity index (χ4v) is 0.672. The van der Waals surface area contributed by atoms with E-state index in [0.717, 1.165) is 0 Å². The van der Waals surface area contributed by atoms with Crippen LogP contribution in [0.3, 0.4) is 0 Å². The van der Waals surface area contributed by atoms with E-state index < -0.39 is 29.3 Å². The number of rotatable bonds is 2. The highest BCUT2D eigenvalue weighted by Gasteiger charge is 2.86. The van der Waals surface area contributed by atoms with Crippen molar-refractivity contribution in [1.82, 2.24) is 0 Å². The average Bonchev–Trinajstić information content (AvgIpc) is 1.98. The smallest absolute Gasteiger partial charge is 0.209 e. The molecule has 0 amide bonds. The first-order valence-electron chi connectivity index (χ1n) is 3.27. The van der Waals surface area contributed by atoms with Crippen molar-refractivity contribution in [2.24, 2.45) is 0 Å². The molecule has 0 saturated heterocycles. The Balaban J connectivity index is 5.73. The maximum absolute atomic E-state index is 12.3. The number of hydrogen-bond acceptors (Lipinski definition) is 0. The normalized spacial score (nSPS) is 19.1. The molecule has 0 aromatic heterocycles. The second-order valence-corrected chi connectivity index (χ2v) is 3.24. The van der Waals surface area contributed by atoms with E-state index in [9.17, 15) is 48.3 Å². The molecule has 0 N–H and O–H groups in total. The van der Waals surface area contributed by atoms with E-state index in [1.807, 2.05) is 0 Å². The van der Waals surface area contributed by atoms with E-state index in [2.05, 4.69) is 11.6 Å². The third-order valence-electron chi connectivity index (χ3n) is 1.50. The van der Waals surface area contributed by atoms with Crippen molar-refractivity contribution in [2.45, 2.75) is 29.3 Å². The van der Waals surface area contributed by atoms with Crippen molar-refractivity contribution in [1.29, 1.82) is 0 Å². The van der Waals surface area contributed by atoms with Gasteiger partial charge < -0.3 is 0 Å². The fraction of sp³-hybridized carbons (Fsp3) is 1.00. The molecule has 1 unspecified atom stereocenters. The summed E-state index contributed by atoms with van der Waals surface area (Å²) in [6, 6.07) is 0. The van der Waals surface area contributed by atoms with Crippen LogP contribution in [-0.4, -0.2) is 29.3 Å². The van der Waals surface area contributed by atoms with Gasteiger partial charge in [-0.1, -0.05) is 11.6 Å². The zero-order valence-corrected chi connectivity index (χ0v) is 7.79. The molecule has 0 saturated carbocycles. The van der Waals surface area contributed by atoms with Gasteiger partial charge in [0.25, 0.3) is 0 Å². The summed E-state index contributed by atoms with van der Waals surface area (Å²) in [7, 11) is 0. The van der Waals surface area contributed by atoms with Gasteiger partial charge in [-0.25, -0.2) is 4.39 Å². The minimum Gasteiger partial charge on any atom is -0.209 e. The number of halogens is 12. The summed E-state index contributed by atoms with van der Waals surface area (Å²) >= 11 is 3.47. The largest absolute Gasteiger partial charge is 0.460 e. The van der Waals surface area contributed by atoms with Gasteiger partial charge in [-0.3, -0.25) is 0 Å². The Bertz CT molecular complexity index is 255. The van der Waals surface area contributed by atoms with Crippen LogP contribution in [0.2, 0.25) is 0 Å². The summed E-state index contributed by atoms with van der Waals surface area (Å²) < 4.78 is 130. The van der Waals surface area contributed by atoms with Gasteiger partial charge >= 0.3 is 29.3 Å². The van der Waals surface area contributed by atoms with E-state index >= 15 is 0 Å². The van der Waals surface area contributed by atoms with Crippen molar-refractivity contribution in [3.05, 3.63) is 0 Å². The highest BCUT2D eigenvalue weighted by molar-refractivity contribution is 6.24. The standard InChI is InChI=1S/C5ClF11/c6-1(7,4(12,13)14)2(8,9)3(10,11)5(15,16)17. The lowest BCUT2D eigenvalue weighted by atomic mass is 10.1. The average molecular weight is 304 g/mol. The van der Waals surface area contributed by atoms with E-state index in [1.54, 1.807) is 0 Å². The van der Waals surface area contributed by atoms with E-state index in [4.69, 9.17) is 0 Å². The van der Waals surface area contributed by atoms with Crippen LogP contribution in [0.1, 0.15) is 0 Å². The molecule has 12 heteroatoms. The fourth-order valence-electron chi connectivity index (χ4n) is 0.553. The summed E-state index contributed by atoms with van der Waals surface area (Å²) in [6.07, 6.45) is -13.9. The molecular weight excluding hydrogens is 304 g/mol. The lowest BCUT2D eigenvalue weighted by Gasteiger charge is -2.35. The number of hydrogen-bond donors (Lipinski definition) is 0. The van der Waals surface area contributed by atoms with Gasteiger partial charge in [0.05, 0.1) is 0 Å². The van der Waals surface area contributed by atoms with Crippen LogP contribution >= 0.6 is 11.6 Å². The molecule has 0 fully saturated rings. The predicted molar refractivity (Wildman–Crippen MR) is 31.7 cm³/mol. The predicted octanol–water partition coefficient (Wildman–Crippen LogP) is 4.29. The first-order valence-corrected chi connectivity index (χ1v) is 3.65. The van der Waals surface area contributed by atoms with Crippen molar-refractivity contribution in [3.63, 3.8) is 0 Å². The Kier molecular flexibility index (Phi) is 3.65. The molecule has 0 aliphatic heterocycles. The van der Waals surface area contributed by atoms with Crippen molar-refractivity contribution >= 4 is 11.6 Å². The van der Waals surface area contributed by atoms with Crippen molar-refractivity contribution < 1.29 is 48.3 Å². The second kappa shape index (κ2) is 3.75. The first kappa shape index (κ1) is 16.5. The molecule has 1 atom stereocenters. The maximum Gasteiger partial charge on any atom is 0.460 e. The Labute approximate surface area is 90.3 Å². The highest BCUT2D eigenvalue weighted by atomic mass is 35.5. The van der Waals surface area contributed by atoms with Crippen LogP contribution in [0.4, 0.5) is 48.3 Å². The zero-order valence-electron chi connectivity index (χ0n) is 7.04. The molecule has 0 heterocycles. The molecular formula is C5ClF11. The van der Waals surface area contributed by atoms with Crippen molar-refractivity contribution in [2.75, 3.05) is 0 Å². The quantitative estimate of drug-likeness (QED) is 0.527. The molecule has 0 aliphatic carbocycles. The Morgan fingerprint density at radius 3 is 0.941 bits per heavy atom. The molecule has 0 aromatic rings. The van der Waals surface area contributed by atoms with Crippen LogP contribution in [0.5, 0.6) is 0 Å². The zero-order chi connectivity index (χ0) is 14.5. The van der Waals surface area contributed by atoms with Gasteiger partial charge in [-0.2, -0.15) is 43.9 Å². The van der Waals surface area contributed by atoms with E-state index in [0.29, 0.717) is 0 Å².